The van der Waals surface area contributed by atoms with E-state index < -0.39 is 11.8 Å². The molecule has 0 spiro atoms. The quantitative estimate of drug-likeness (QED) is 0.571. The van der Waals surface area contributed by atoms with Crippen molar-refractivity contribution in [2.75, 3.05) is 13.2 Å². The van der Waals surface area contributed by atoms with Gasteiger partial charge in [0.15, 0.2) is 6.61 Å². The Morgan fingerprint density at radius 2 is 2.04 bits per heavy atom. The van der Waals surface area contributed by atoms with E-state index in [1.807, 2.05) is 19.9 Å². The summed E-state index contributed by atoms with van der Waals surface area (Å²) in [5, 5.41) is 0. The number of esters is 1. The first-order valence-electron chi connectivity index (χ1n) is 9.11. The minimum absolute atomic E-state index is 0.0924. The van der Waals surface area contributed by atoms with Crippen LogP contribution >= 0.6 is 0 Å². The minimum atomic E-state index is -0.713. The van der Waals surface area contributed by atoms with Gasteiger partial charge in [0.1, 0.15) is 5.82 Å². The van der Waals surface area contributed by atoms with Gasteiger partial charge in [0.05, 0.1) is 11.7 Å². The molecule has 2 aromatic rings. The number of Topliss-reactive ketones (excluding diaryl/α,β-unsaturated/α-hetero) is 1. The highest BCUT2D eigenvalue weighted by Gasteiger charge is 2.22. The number of carbonyl (C=O) groups excluding carboxylic acids is 2. The predicted octanol–water partition coefficient (Wildman–Crippen LogP) is 3.77. The van der Waals surface area contributed by atoms with Crippen molar-refractivity contribution < 1.29 is 23.5 Å². The van der Waals surface area contributed by atoms with Crippen LogP contribution in [0.4, 0.5) is 4.39 Å². The molecule has 2 heterocycles. The van der Waals surface area contributed by atoms with Crippen LogP contribution in [0, 0.1) is 26.6 Å². The number of aryl methyl sites for hydroxylation is 2. The molecule has 0 N–H and O–H groups in total. The fourth-order valence-electron chi connectivity index (χ4n) is 3.37. The van der Waals surface area contributed by atoms with Crippen LogP contribution in [-0.2, 0) is 16.0 Å². The van der Waals surface area contributed by atoms with Crippen LogP contribution in [0.15, 0.2) is 24.3 Å². The van der Waals surface area contributed by atoms with Gasteiger partial charge in [0.25, 0.3) is 0 Å². The molecule has 3 rings (SSSR count). The van der Waals surface area contributed by atoms with Gasteiger partial charge in [0, 0.05) is 30.1 Å². The van der Waals surface area contributed by atoms with Crippen LogP contribution in [0.3, 0.4) is 0 Å². The smallest absolute Gasteiger partial charge is 0.338 e. The number of aromatic nitrogens is 1. The van der Waals surface area contributed by atoms with Crippen molar-refractivity contribution in [3.05, 3.63) is 58.2 Å². The Morgan fingerprint density at radius 1 is 1.26 bits per heavy atom. The zero-order valence-electron chi connectivity index (χ0n) is 15.9. The molecule has 6 heteroatoms. The average molecular weight is 373 g/mol. The summed E-state index contributed by atoms with van der Waals surface area (Å²) < 4.78 is 26.4. The maximum absolute atomic E-state index is 13.6. The molecular weight excluding hydrogens is 349 g/mol. The topological polar surface area (TPSA) is 57.5 Å². The molecule has 1 aromatic carbocycles. The van der Waals surface area contributed by atoms with E-state index in [0.717, 1.165) is 36.9 Å². The normalized spacial score (nSPS) is 16.5. The lowest BCUT2D eigenvalue weighted by Gasteiger charge is -2.14. The summed E-state index contributed by atoms with van der Waals surface area (Å²) in [5.41, 5.74) is 2.88. The highest BCUT2D eigenvalue weighted by atomic mass is 19.1. The largest absolute Gasteiger partial charge is 0.454 e. The summed E-state index contributed by atoms with van der Waals surface area (Å²) in [5.74, 6) is -1.47. The number of carbonyl (C=O) groups is 2. The molecule has 5 nitrogen and oxygen atoms in total. The molecule has 0 unspecified atom stereocenters. The van der Waals surface area contributed by atoms with Crippen molar-refractivity contribution in [1.82, 2.24) is 4.57 Å². The van der Waals surface area contributed by atoms with Gasteiger partial charge in [-0.3, -0.25) is 4.79 Å². The van der Waals surface area contributed by atoms with Gasteiger partial charge in [-0.2, -0.15) is 0 Å². The molecule has 1 aliphatic heterocycles. The number of ether oxygens (including phenoxy) is 2. The third-order valence-corrected chi connectivity index (χ3v) is 5.03. The summed E-state index contributed by atoms with van der Waals surface area (Å²) >= 11 is 0. The molecule has 0 aliphatic carbocycles. The van der Waals surface area contributed by atoms with Gasteiger partial charge >= 0.3 is 5.97 Å². The van der Waals surface area contributed by atoms with Crippen molar-refractivity contribution in [3.63, 3.8) is 0 Å². The van der Waals surface area contributed by atoms with Crippen LogP contribution in [0.25, 0.3) is 0 Å². The van der Waals surface area contributed by atoms with Crippen molar-refractivity contribution in [1.29, 1.82) is 0 Å². The number of hydrogen-bond acceptors (Lipinski definition) is 4. The Hall–Kier alpha value is -2.47. The molecule has 1 saturated heterocycles. The van der Waals surface area contributed by atoms with Crippen LogP contribution in [0.2, 0.25) is 0 Å². The highest BCUT2D eigenvalue weighted by Crippen LogP contribution is 2.21. The fourth-order valence-corrected chi connectivity index (χ4v) is 3.37. The van der Waals surface area contributed by atoms with E-state index in [-0.39, 0.29) is 24.1 Å². The summed E-state index contributed by atoms with van der Waals surface area (Å²) in [6.07, 6.45) is 2.25. The Bertz CT molecular complexity index is 865. The second-order valence-corrected chi connectivity index (χ2v) is 6.99. The van der Waals surface area contributed by atoms with Crippen LogP contribution in [0.5, 0.6) is 0 Å². The molecule has 144 valence electrons. The Kier molecular flexibility index (Phi) is 5.75. The molecule has 27 heavy (non-hydrogen) atoms. The number of halogens is 1. The van der Waals surface area contributed by atoms with E-state index in [9.17, 15) is 14.0 Å². The van der Waals surface area contributed by atoms with Crippen LogP contribution in [0.1, 0.15) is 50.5 Å². The number of rotatable bonds is 6. The van der Waals surface area contributed by atoms with Gasteiger partial charge < -0.3 is 14.0 Å². The molecular formula is C21H24FNO4. The van der Waals surface area contributed by atoms with Crippen molar-refractivity contribution in [2.45, 2.75) is 46.3 Å². The van der Waals surface area contributed by atoms with Crippen molar-refractivity contribution in [3.8, 4) is 0 Å². The zero-order valence-corrected chi connectivity index (χ0v) is 15.9. The molecule has 1 aromatic heterocycles. The van der Waals surface area contributed by atoms with Gasteiger partial charge in [0.2, 0.25) is 5.78 Å². The van der Waals surface area contributed by atoms with Crippen molar-refractivity contribution >= 4 is 11.8 Å². The third kappa shape index (κ3) is 4.27. The van der Waals surface area contributed by atoms with Gasteiger partial charge in [-0.15, -0.1) is 0 Å². The van der Waals surface area contributed by atoms with E-state index in [0.29, 0.717) is 17.7 Å². The third-order valence-electron chi connectivity index (χ3n) is 5.03. The summed E-state index contributed by atoms with van der Waals surface area (Å²) in [7, 11) is 0. The predicted molar refractivity (Wildman–Crippen MR) is 98.6 cm³/mol. The fraction of sp³-hybridized carbons (Fsp3) is 0.429. The number of hydrogen-bond donors (Lipinski definition) is 0. The monoisotopic (exact) mass is 373 g/mol. The van der Waals surface area contributed by atoms with E-state index in [2.05, 4.69) is 4.57 Å². The zero-order chi connectivity index (χ0) is 19.6. The minimum Gasteiger partial charge on any atom is -0.454 e. The SMILES string of the molecule is Cc1ccc(C(=O)OCC(=O)c2cc(C)n(C[C@H]3CCCO3)c2C)cc1F. The second-order valence-electron chi connectivity index (χ2n) is 6.99. The number of ketones is 1. The maximum atomic E-state index is 13.6. The summed E-state index contributed by atoms with van der Waals surface area (Å²) in [6, 6.07) is 5.92. The molecule has 0 radical (unpaired) electrons. The average Bonchev–Trinajstić information content (AvgIpc) is 3.25. The van der Waals surface area contributed by atoms with Gasteiger partial charge in [-0.05, 0) is 57.4 Å². The molecule has 0 saturated carbocycles. The van der Waals surface area contributed by atoms with Crippen molar-refractivity contribution in [2.24, 2.45) is 0 Å². The first-order valence-corrected chi connectivity index (χ1v) is 9.11. The standard InChI is InChI=1S/C21H24FNO4/c1-13-6-7-16(10-19(13)22)21(25)27-12-20(24)18-9-14(2)23(15(18)3)11-17-5-4-8-26-17/h6-7,9-10,17H,4-5,8,11-12H2,1-3H3/t17-/m1/s1. The first-order chi connectivity index (χ1) is 12.9. The van der Waals surface area contributed by atoms with Crippen LogP contribution < -0.4 is 0 Å². The maximum Gasteiger partial charge on any atom is 0.338 e. The van der Waals surface area contributed by atoms with Gasteiger partial charge in [-0.1, -0.05) is 6.07 Å². The van der Waals surface area contributed by atoms with E-state index in [4.69, 9.17) is 9.47 Å². The summed E-state index contributed by atoms with van der Waals surface area (Å²) in [6.45, 7) is 6.56. The lowest BCUT2D eigenvalue weighted by atomic mass is 10.1. The highest BCUT2D eigenvalue weighted by molar-refractivity contribution is 6.00. The van der Waals surface area contributed by atoms with Crippen LogP contribution in [-0.4, -0.2) is 35.6 Å². The molecule has 0 amide bonds. The Labute approximate surface area is 158 Å². The molecule has 1 aliphatic rings. The first kappa shape index (κ1) is 19.3. The Morgan fingerprint density at radius 3 is 2.70 bits per heavy atom. The number of nitrogens with zero attached hydrogens (tertiary/aromatic N) is 1. The second kappa shape index (κ2) is 8.05. The van der Waals surface area contributed by atoms with E-state index in [1.54, 1.807) is 6.92 Å². The van der Waals surface area contributed by atoms with E-state index in [1.165, 1.54) is 12.1 Å². The lowest BCUT2D eigenvalue weighted by molar-refractivity contribution is 0.0474. The molecule has 1 fully saturated rings. The number of benzene rings is 1. The lowest BCUT2D eigenvalue weighted by Crippen LogP contribution is -2.18. The molecule has 0 bridgehead atoms. The molecule has 1 atom stereocenters. The van der Waals surface area contributed by atoms with E-state index >= 15 is 0 Å². The summed E-state index contributed by atoms with van der Waals surface area (Å²) in [4.78, 5) is 24.6. The van der Waals surface area contributed by atoms with Gasteiger partial charge in [-0.25, -0.2) is 9.18 Å². The Balaban J connectivity index is 1.65.